The van der Waals surface area contributed by atoms with Crippen molar-refractivity contribution in [3.63, 3.8) is 0 Å². The predicted molar refractivity (Wildman–Crippen MR) is 138 cm³/mol. The second-order valence-electron chi connectivity index (χ2n) is 9.56. The van der Waals surface area contributed by atoms with Crippen molar-refractivity contribution < 1.29 is 28.0 Å². The maximum atomic E-state index is 13.6. The summed E-state index contributed by atoms with van der Waals surface area (Å²) in [6, 6.07) is 15.7. The van der Waals surface area contributed by atoms with Crippen molar-refractivity contribution in [2.75, 3.05) is 36.4 Å². The lowest BCUT2D eigenvalue weighted by Gasteiger charge is -2.39. The van der Waals surface area contributed by atoms with Gasteiger partial charge < -0.3 is 15.1 Å². The highest BCUT2D eigenvalue weighted by Crippen LogP contribution is 2.37. The first-order chi connectivity index (χ1) is 17.7. The van der Waals surface area contributed by atoms with Crippen LogP contribution in [0.1, 0.15) is 32.6 Å². The van der Waals surface area contributed by atoms with E-state index in [4.69, 9.17) is 0 Å². The molecule has 2 aromatic rings. The molecular weight excluding hydrogens is 496 g/mol. The number of carbonyl (C=O) groups excluding carboxylic acids is 3. The van der Waals surface area contributed by atoms with Gasteiger partial charge in [0.1, 0.15) is 0 Å². The van der Waals surface area contributed by atoms with Gasteiger partial charge in [-0.15, -0.1) is 0 Å². The zero-order chi connectivity index (χ0) is 26.6. The minimum atomic E-state index is -4.16. The maximum Gasteiger partial charge on any atom is 0.265 e. The van der Waals surface area contributed by atoms with Crippen LogP contribution in [0.5, 0.6) is 0 Å². The number of likely N-dealkylation sites (tertiary alicyclic amines) is 1. The highest BCUT2D eigenvalue weighted by Gasteiger charge is 2.53. The molecule has 37 heavy (non-hydrogen) atoms. The Bertz CT molecular complexity index is 1230. The number of anilines is 2. The van der Waals surface area contributed by atoms with E-state index in [-0.39, 0.29) is 48.6 Å². The van der Waals surface area contributed by atoms with E-state index in [1.165, 1.54) is 29.4 Å². The molecule has 0 spiro atoms. The molecule has 2 aliphatic rings. The van der Waals surface area contributed by atoms with Gasteiger partial charge in [0.05, 0.1) is 4.90 Å². The van der Waals surface area contributed by atoms with Crippen LogP contribution in [0.2, 0.25) is 0 Å². The van der Waals surface area contributed by atoms with Crippen molar-refractivity contribution in [3.05, 3.63) is 54.6 Å². The summed E-state index contributed by atoms with van der Waals surface area (Å²) in [6.45, 7) is 2.90. The number of benzene rings is 2. The molecule has 4 rings (SSSR count). The first-order valence-corrected chi connectivity index (χ1v) is 13.8. The van der Waals surface area contributed by atoms with Crippen LogP contribution in [0, 0.1) is 5.92 Å². The van der Waals surface area contributed by atoms with Crippen LogP contribution in [0.25, 0.3) is 0 Å². The Morgan fingerprint density at radius 2 is 1.51 bits per heavy atom. The van der Waals surface area contributed by atoms with Crippen LogP contribution < -0.4 is 15.7 Å². The van der Waals surface area contributed by atoms with E-state index >= 15 is 0 Å². The summed E-state index contributed by atoms with van der Waals surface area (Å²) in [4.78, 5) is 40.5. The predicted octanol–water partition coefficient (Wildman–Crippen LogP) is 2.20. The lowest BCUT2D eigenvalue weighted by Crippen LogP contribution is -2.58. The highest BCUT2D eigenvalue weighted by atomic mass is 32.2. The molecule has 10 nitrogen and oxygen atoms in total. The van der Waals surface area contributed by atoms with E-state index in [1.807, 2.05) is 30.3 Å². The lowest BCUT2D eigenvalue weighted by molar-refractivity contribution is -0.136. The van der Waals surface area contributed by atoms with Crippen molar-refractivity contribution in [1.29, 1.82) is 0 Å². The van der Waals surface area contributed by atoms with E-state index < -0.39 is 20.5 Å². The number of hydrogen-bond donors (Lipinski definition) is 3. The molecule has 0 bridgehead atoms. The SMILES string of the molecule is CC(=O)N1CCC(C(=O)NO)(S(=O)(=O)c2ccc(N3CCC(C(=O)Nc4ccccc4)CC3)cc2)CC1. The molecule has 2 saturated heterocycles. The summed E-state index contributed by atoms with van der Waals surface area (Å²) in [6.07, 6.45) is 1.12. The smallest absolute Gasteiger partial charge is 0.265 e. The maximum absolute atomic E-state index is 13.6. The van der Waals surface area contributed by atoms with E-state index in [0.29, 0.717) is 25.9 Å². The number of amides is 3. The molecule has 198 valence electrons. The minimum Gasteiger partial charge on any atom is -0.371 e. The average Bonchev–Trinajstić information content (AvgIpc) is 2.93. The third-order valence-electron chi connectivity index (χ3n) is 7.47. The van der Waals surface area contributed by atoms with Crippen molar-refractivity contribution >= 4 is 38.9 Å². The Balaban J connectivity index is 1.43. The average molecular weight is 529 g/mol. The van der Waals surface area contributed by atoms with Gasteiger partial charge in [-0.3, -0.25) is 19.6 Å². The van der Waals surface area contributed by atoms with Crippen LogP contribution >= 0.6 is 0 Å². The number of carbonyl (C=O) groups is 3. The van der Waals surface area contributed by atoms with Gasteiger partial charge in [0, 0.05) is 50.4 Å². The van der Waals surface area contributed by atoms with E-state index in [2.05, 4.69) is 10.2 Å². The Kier molecular flexibility index (Phi) is 7.84. The fraction of sp³-hybridized carbons (Fsp3) is 0.423. The minimum absolute atomic E-state index is 0.00410. The van der Waals surface area contributed by atoms with E-state index in [1.54, 1.807) is 12.1 Å². The van der Waals surface area contributed by atoms with Gasteiger partial charge in [0.25, 0.3) is 5.91 Å². The number of nitrogens with one attached hydrogen (secondary N) is 2. The molecule has 2 aliphatic heterocycles. The van der Waals surface area contributed by atoms with Crippen LogP contribution in [0.15, 0.2) is 59.5 Å². The van der Waals surface area contributed by atoms with Gasteiger partial charge in [0.2, 0.25) is 11.8 Å². The van der Waals surface area contributed by atoms with Gasteiger partial charge in [0.15, 0.2) is 14.6 Å². The molecule has 0 unspecified atom stereocenters. The number of para-hydroxylation sites is 1. The molecule has 0 radical (unpaired) electrons. The number of piperidine rings is 2. The summed E-state index contributed by atoms with van der Waals surface area (Å²) in [5.74, 6) is -1.29. The molecule has 11 heteroatoms. The quantitative estimate of drug-likeness (QED) is 0.386. The number of hydroxylamine groups is 1. The first kappa shape index (κ1) is 26.6. The molecule has 3 N–H and O–H groups in total. The Hall–Kier alpha value is -3.44. The second kappa shape index (κ2) is 10.9. The number of hydrogen-bond acceptors (Lipinski definition) is 7. The van der Waals surface area contributed by atoms with E-state index in [0.717, 1.165) is 11.4 Å². The molecule has 2 aromatic carbocycles. The second-order valence-corrected chi connectivity index (χ2v) is 11.8. The summed E-state index contributed by atoms with van der Waals surface area (Å²) in [5.41, 5.74) is 3.12. The van der Waals surface area contributed by atoms with Gasteiger partial charge in [-0.1, -0.05) is 18.2 Å². The summed E-state index contributed by atoms with van der Waals surface area (Å²) >= 11 is 0. The molecule has 2 heterocycles. The van der Waals surface area contributed by atoms with Gasteiger partial charge in [-0.25, -0.2) is 13.9 Å². The largest absolute Gasteiger partial charge is 0.371 e. The zero-order valence-corrected chi connectivity index (χ0v) is 21.5. The molecular formula is C26H32N4O6S. The topological polar surface area (TPSA) is 136 Å². The van der Waals surface area contributed by atoms with Crippen molar-refractivity contribution in [2.45, 2.75) is 42.2 Å². The Morgan fingerprint density at radius 1 is 0.919 bits per heavy atom. The normalized spacial score (nSPS) is 18.2. The van der Waals surface area contributed by atoms with Crippen LogP contribution in [-0.4, -0.2) is 67.2 Å². The summed E-state index contributed by atoms with van der Waals surface area (Å²) in [5, 5.41) is 12.3. The number of sulfone groups is 1. The lowest BCUT2D eigenvalue weighted by atomic mass is 9.95. The standard InChI is InChI=1S/C26H32N4O6S/c1-19(31)29-17-13-26(14-18-29,25(33)28-34)37(35,36)23-9-7-22(8-10-23)30-15-11-20(12-16-30)24(32)27-21-5-3-2-4-6-21/h2-10,20,34H,11-18H2,1H3,(H,27,32)(H,28,33). The third kappa shape index (κ3) is 5.33. The van der Waals surface area contributed by atoms with Crippen molar-refractivity contribution in [1.82, 2.24) is 10.4 Å². The molecule has 0 atom stereocenters. The third-order valence-corrected chi connectivity index (χ3v) is 9.98. The summed E-state index contributed by atoms with van der Waals surface area (Å²) in [7, 11) is -4.16. The van der Waals surface area contributed by atoms with Crippen LogP contribution in [0.4, 0.5) is 11.4 Å². The Labute approximate surface area is 216 Å². The van der Waals surface area contributed by atoms with Crippen LogP contribution in [-0.2, 0) is 24.2 Å². The molecule has 2 fully saturated rings. The van der Waals surface area contributed by atoms with Crippen molar-refractivity contribution in [2.24, 2.45) is 5.92 Å². The summed E-state index contributed by atoms with van der Waals surface area (Å²) < 4.78 is 25.4. The van der Waals surface area contributed by atoms with Crippen molar-refractivity contribution in [3.8, 4) is 0 Å². The Morgan fingerprint density at radius 3 is 2.05 bits per heavy atom. The van der Waals surface area contributed by atoms with Crippen LogP contribution in [0.3, 0.4) is 0 Å². The fourth-order valence-electron chi connectivity index (χ4n) is 5.13. The zero-order valence-electron chi connectivity index (χ0n) is 20.7. The first-order valence-electron chi connectivity index (χ1n) is 12.3. The molecule has 0 aromatic heterocycles. The number of rotatable bonds is 6. The van der Waals surface area contributed by atoms with Gasteiger partial charge >= 0.3 is 0 Å². The molecule has 0 aliphatic carbocycles. The number of nitrogens with zero attached hydrogens (tertiary/aromatic N) is 2. The van der Waals surface area contributed by atoms with Gasteiger partial charge in [-0.2, -0.15) is 0 Å². The molecule has 3 amide bonds. The van der Waals surface area contributed by atoms with Gasteiger partial charge in [-0.05, 0) is 62.1 Å². The fourth-order valence-corrected chi connectivity index (χ4v) is 7.09. The monoisotopic (exact) mass is 528 g/mol. The van der Waals surface area contributed by atoms with E-state index in [9.17, 15) is 28.0 Å². The molecule has 0 saturated carbocycles. The highest BCUT2D eigenvalue weighted by molar-refractivity contribution is 7.93.